The number of hydrogen-bond donors (Lipinski definition) is 2. The molecule has 3 aromatic rings. The van der Waals surface area contributed by atoms with Gasteiger partial charge in [-0.25, -0.2) is 0 Å². The summed E-state index contributed by atoms with van der Waals surface area (Å²) in [4.78, 5) is 42.7. The topological polar surface area (TPSA) is 86.0 Å². The highest BCUT2D eigenvalue weighted by atomic mass is 16.2. The fourth-order valence-corrected chi connectivity index (χ4v) is 2.79. The average molecular weight is 375 g/mol. The number of carbonyl (C=O) groups is 1. The van der Waals surface area contributed by atoms with E-state index < -0.39 is 11.1 Å². The monoisotopic (exact) mass is 375 g/mol. The summed E-state index contributed by atoms with van der Waals surface area (Å²) in [5, 5.41) is 0. The third-order valence-electron chi connectivity index (χ3n) is 4.31. The molecule has 0 aliphatic rings. The van der Waals surface area contributed by atoms with Gasteiger partial charge in [-0.1, -0.05) is 43.4 Å². The van der Waals surface area contributed by atoms with Crippen LogP contribution in [0.4, 0.5) is 0 Å². The van der Waals surface area contributed by atoms with Gasteiger partial charge < -0.3 is 14.9 Å². The minimum atomic E-state index is -0.742. The van der Waals surface area contributed by atoms with Crippen LogP contribution in [-0.2, 0) is 0 Å². The average Bonchev–Trinajstić information content (AvgIpc) is 2.71. The van der Waals surface area contributed by atoms with Gasteiger partial charge in [0.1, 0.15) is 0 Å². The lowest BCUT2D eigenvalue weighted by molar-refractivity contribution is 0.0775. The van der Waals surface area contributed by atoms with Gasteiger partial charge in [-0.2, -0.15) is 0 Å². The van der Waals surface area contributed by atoms with Crippen molar-refractivity contribution < 1.29 is 4.79 Å². The van der Waals surface area contributed by atoms with Crippen molar-refractivity contribution in [2.45, 2.75) is 19.8 Å². The summed E-state index contributed by atoms with van der Waals surface area (Å²) in [7, 11) is 0. The SMILES string of the molecule is CCCCN(CC#Cc1ccccc1)C(=O)c1ccc2[nH]c(=O)c(=O)[nH]c2c1. The van der Waals surface area contributed by atoms with Gasteiger partial charge in [0.15, 0.2) is 0 Å². The van der Waals surface area contributed by atoms with Gasteiger partial charge in [0.2, 0.25) is 0 Å². The molecule has 2 aromatic carbocycles. The molecule has 0 atom stereocenters. The molecule has 142 valence electrons. The van der Waals surface area contributed by atoms with E-state index in [0.717, 1.165) is 18.4 Å². The lowest BCUT2D eigenvalue weighted by atomic mass is 10.1. The molecule has 0 saturated carbocycles. The molecule has 0 aliphatic heterocycles. The number of benzene rings is 2. The molecule has 1 amide bonds. The maximum Gasteiger partial charge on any atom is 0.314 e. The number of aromatic nitrogens is 2. The van der Waals surface area contributed by atoms with Crippen molar-refractivity contribution in [3.05, 3.63) is 80.4 Å². The number of aromatic amines is 2. The molecule has 1 aromatic heterocycles. The van der Waals surface area contributed by atoms with Crippen molar-refractivity contribution in [3.8, 4) is 11.8 Å². The first-order chi connectivity index (χ1) is 13.6. The highest BCUT2D eigenvalue weighted by molar-refractivity contribution is 5.97. The first-order valence-corrected chi connectivity index (χ1v) is 9.18. The van der Waals surface area contributed by atoms with E-state index in [1.165, 1.54) is 0 Å². The predicted octanol–water partition coefficient (Wildman–Crippen LogP) is 2.51. The third kappa shape index (κ3) is 4.57. The van der Waals surface area contributed by atoms with Crippen LogP contribution < -0.4 is 11.1 Å². The Labute approximate surface area is 162 Å². The Morgan fingerprint density at radius 3 is 2.43 bits per heavy atom. The van der Waals surface area contributed by atoms with Gasteiger partial charge in [-0.05, 0) is 36.8 Å². The maximum atomic E-state index is 13.0. The quantitative estimate of drug-likeness (QED) is 0.531. The highest BCUT2D eigenvalue weighted by Crippen LogP contribution is 2.12. The minimum absolute atomic E-state index is 0.162. The molecule has 2 N–H and O–H groups in total. The largest absolute Gasteiger partial charge is 0.327 e. The van der Waals surface area contributed by atoms with E-state index in [2.05, 4.69) is 28.7 Å². The summed E-state index contributed by atoms with van der Waals surface area (Å²) < 4.78 is 0. The zero-order valence-electron chi connectivity index (χ0n) is 15.6. The van der Waals surface area contributed by atoms with Crippen molar-refractivity contribution in [3.63, 3.8) is 0 Å². The van der Waals surface area contributed by atoms with Crippen molar-refractivity contribution in [2.24, 2.45) is 0 Å². The molecule has 0 radical (unpaired) electrons. The van der Waals surface area contributed by atoms with Crippen LogP contribution in [0.1, 0.15) is 35.7 Å². The van der Waals surface area contributed by atoms with E-state index in [4.69, 9.17) is 0 Å². The molecule has 0 aliphatic carbocycles. The smallest absolute Gasteiger partial charge is 0.314 e. The van der Waals surface area contributed by atoms with Gasteiger partial charge in [-0.3, -0.25) is 14.4 Å². The molecule has 0 spiro atoms. The van der Waals surface area contributed by atoms with Gasteiger partial charge >= 0.3 is 11.1 Å². The van der Waals surface area contributed by atoms with Crippen LogP contribution >= 0.6 is 0 Å². The van der Waals surface area contributed by atoms with Crippen LogP contribution in [0.5, 0.6) is 0 Å². The fraction of sp³-hybridized carbons (Fsp3) is 0.227. The van der Waals surface area contributed by atoms with Gasteiger partial charge in [0, 0.05) is 17.7 Å². The molecule has 1 heterocycles. The fourth-order valence-electron chi connectivity index (χ4n) is 2.79. The Morgan fingerprint density at radius 1 is 1.00 bits per heavy atom. The Morgan fingerprint density at radius 2 is 1.71 bits per heavy atom. The van der Waals surface area contributed by atoms with E-state index in [9.17, 15) is 14.4 Å². The van der Waals surface area contributed by atoms with Crippen LogP contribution in [0.3, 0.4) is 0 Å². The molecular formula is C22H21N3O3. The molecule has 0 unspecified atom stereocenters. The summed E-state index contributed by atoms with van der Waals surface area (Å²) in [5.41, 5.74) is 0.776. The number of nitrogens with one attached hydrogen (secondary N) is 2. The second-order valence-corrected chi connectivity index (χ2v) is 6.42. The van der Waals surface area contributed by atoms with E-state index >= 15 is 0 Å². The Kier molecular flexibility index (Phi) is 6.07. The van der Waals surface area contributed by atoms with Crippen LogP contribution in [0.25, 0.3) is 11.0 Å². The lowest BCUT2D eigenvalue weighted by Gasteiger charge is -2.20. The first-order valence-electron chi connectivity index (χ1n) is 9.18. The number of hydrogen-bond acceptors (Lipinski definition) is 3. The Bertz CT molecular complexity index is 1150. The molecule has 28 heavy (non-hydrogen) atoms. The van der Waals surface area contributed by atoms with Gasteiger partial charge in [-0.15, -0.1) is 0 Å². The second kappa shape index (κ2) is 8.87. The Balaban J connectivity index is 1.85. The van der Waals surface area contributed by atoms with E-state index in [0.29, 0.717) is 29.7 Å². The zero-order chi connectivity index (χ0) is 19.9. The lowest BCUT2D eigenvalue weighted by Crippen LogP contribution is -2.33. The normalized spacial score (nSPS) is 10.3. The number of nitrogens with zero attached hydrogens (tertiary/aromatic N) is 1. The third-order valence-corrected chi connectivity index (χ3v) is 4.31. The molecule has 0 saturated heterocycles. The number of fused-ring (bicyclic) bond motifs is 1. The van der Waals surface area contributed by atoms with Crippen LogP contribution in [0.15, 0.2) is 58.1 Å². The van der Waals surface area contributed by atoms with Gasteiger partial charge in [0.25, 0.3) is 5.91 Å². The van der Waals surface area contributed by atoms with Crippen LogP contribution in [0.2, 0.25) is 0 Å². The van der Waals surface area contributed by atoms with E-state index in [-0.39, 0.29) is 5.91 Å². The summed E-state index contributed by atoms with van der Waals surface area (Å²) in [5.74, 6) is 5.97. The van der Waals surface area contributed by atoms with Crippen molar-refractivity contribution in [1.29, 1.82) is 0 Å². The molecule has 0 bridgehead atoms. The molecule has 3 rings (SSSR count). The van der Waals surface area contributed by atoms with Crippen molar-refractivity contribution >= 4 is 16.9 Å². The number of unbranched alkanes of at least 4 members (excludes halogenated alkanes) is 1. The van der Waals surface area contributed by atoms with E-state index in [1.807, 2.05) is 30.3 Å². The highest BCUT2D eigenvalue weighted by Gasteiger charge is 2.15. The molecule has 0 fully saturated rings. The molecule has 6 heteroatoms. The summed E-state index contributed by atoms with van der Waals surface area (Å²) in [6.45, 7) is 2.97. The minimum Gasteiger partial charge on any atom is -0.327 e. The summed E-state index contributed by atoms with van der Waals surface area (Å²) in [6, 6.07) is 14.5. The first kappa shape index (κ1) is 19.2. The van der Waals surface area contributed by atoms with E-state index in [1.54, 1.807) is 23.1 Å². The van der Waals surface area contributed by atoms with Crippen molar-refractivity contribution in [2.75, 3.05) is 13.1 Å². The van der Waals surface area contributed by atoms with Gasteiger partial charge in [0.05, 0.1) is 17.6 Å². The maximum absolute atomic E-state index is 13.0. The summed E-state index contributed by atoms with van der Waals surface area (Å²) in [6.07, 6.45) is 1.83. The predicted molar refractivity (Wildman–Crippen MR) is 109 cm³/mol. The second-order valence-electron chi connectivity index (χ2n) is 6.42. The number of carbonyl (C=O) groups excluding carboxylic acids is 1. The molecule has 6 nitrogen and oxygen atoms in total. The Hall–Kier alpha value is -3.59. The van der Waals surface area contributed by atoms with Crippen molar-refractivity contribution in [1.82, 2.24) is 14.9 Å². The van der Waals surface area contributed by atoms with Crippen LogP contribution in [0, 0.1) is 11.8 Å². The number of amides is 1. The number of rotatable bonds is 5. The number of H-pyrrole nitrogens is 2. The zero-order valence-corrected chi connectivity index (χ0v) is 15.6. The summed E-state index contributed by atoms with van der Waals surface area (Å²) >= 11 is 0. The van der Waals surface area contributed by atoms with Crippen LogP contribution in [-0.4, -0.2) is 33.9 Å². The molecular weight excluding hydrogens is 354 g/mol. The standard InChI is InChI=1S/C22H21N3O3/c1-2-3-13-25(14-7-10-16-8-5-4-6-9-16)22(28)17-11-12-18-19(15-17)24-21(27)20(26)23-18/h4-6,8-9,11-12,15H,2-3,13-14H2,1H3,(H,23,26)(H,24,27).